The lowest BCUT2D eigenvalue weighted by Crippen LogP contribution is -2.38. The quantitative estimate of drug-likeness (QED) is 0.563. The Bertz CT molecular complexity index is 974. The summed E-state index contributed by atoms with van der Waals surface area (Å²) >= 11 is 1.32. The molecule has 2 aromatic heterocycles. The molecular weight excluding hydrogens is 352 g/mol. The number of aromatic nitrogens is 2. The summed E-state index contributed by atoms with van der Waals surface area (Å²) in [4.78, 5) is 34.7. The first-order valence-corrected chi connectivity index (χ1v) is 9.08. The zero-order valence-corrected chi connectivity index (χ0v) is 14.8. The molecule has 0 bridgehead atoms. The number of amides is 3. The second kappa shape index (κ2) is 6.80. The zero-order valence-electron chi connectivity index (χ0n) is 14.0. The van der Waals surface area contributed by atoms with E-state index in [0.29, 0.717) is 29.7 Å². The molecule has 0 saturated carbocycles. The minimum absolute atomic E-state index is 0.229. The van der Waals surface area contributed by atoms with Crippen molar-refractivity contribution in [2.45, 2.75) is 17.2 Å². The lowest BCUT2D eigenvalue weighted by molar-refractivity contribution is -0.126. The average molecular weight is 368 g/mol. The highest BCUT2D eigenvalue weighted by Crippen LogP contribution is 2.31. The van der Waals surface area contributed by atoms with E-state index in [0.717, 1.165) is 10.9 Å². The van der Waals surface area contributed by atoms with Gasteiger partial charge in [-0.15, -0.1) is 0 Å². The number of urea groups is 1. The molecule has 3 aromatic rings. The van der Waals surface area contributed by atoms with Gasteiger partial charge in [0.05, 0.1) is 17.0 Å². The van der Waals surface area contributed by atoms with E-state index >= 15 is 0 Å². The molecular formula is C18H16N4O3S. The summed E-state index contributed by atoms with van der Waals surface area (Å²) in [5.74, 6) is 0.803. The van der Waals surface area contributed by atoms with Crippen molar-refractivity contribution in [3.05, 3.63) is 42.7 Å². The molecule has 132 valence electrons. The third-order valence-electron chi connectivity index (χ3n) is 4.07. The molecule has 1 aliphatic heterocycles. The van der Waals surface area contributed by atoms with E-state index in [1.54, 1.807) is 25.3 Å². The number of rotatable bonds is 4. The first kappa shape index (κ1) is 16.6. The predicted molar refractivity (Wildman–Crippen MR) is 97.7 cm³/mol. The molecule has 0 spiro atoms. The van der Waals surface area contributed by atoms with Crippen LogP contribution in [0.4, 0.5) is 4.79 Å². The summed E-state index contributed by atoms with van der Waals surface area (Å²) in [7, 11) is 0. The molecule has 8 heteroatoms. The third-order valence-corrected chi connectivity index (χ3v) is 5.16. The summed E-state index contributed by atoms with van der Waals surface area (Å²) in [5.41, 5.74) is 0.773. The fourth-order valence-corrected chi connectivity index (χ4v) is 3.77. The van der Waals surface area contributed by atoms with E-state index in [4.69, 9.17) is 4.42 Å². The molecule has 3 heterocycles. The smallest absolute Gasteiger partial charge is 0.324 e. The lowest BCUT2D eigenvalue weighted by Gasteiger charge is -2.17. The number of para-hydroxylation sites is 1. The Kier molecular flexibility index (Phi) is 4.34. The van der Waals surface area contributed by atoms with E-state index in [9.17, 15) is 9.59 Å². The number of carbonyl (C=O) groups is 2. The first-order valence-electron chi connectivity index (χ1n) is 8.20. The summed E-state index contributed by atoms with van der Waals surface area (Å²) in [6, 6.07) is 10.9. The number of nitrogens with zero attached hydrogens (tertiary/aromatic N) is 3. The molecule has 1 N–H and O–H groups in total. The number of furan rings is 1. The van der Waals surface area contributed by atoms with Crippen LogP contribution < -0.4 is 5.32 Å². The SMILES string of the molecule is CC(Sc1nc(-c2ccco2)nc2ccccc12)C(=O)N1CCNC1=O. The molecule has 4 rings (SSSR count). The topological polar surface area (TPSA) is 88.3 Å². The predicted octanol–water partition coefficient (Wildman–Crippen LogP) is 2.92. The summed E-state index contributed by atoms with van der Waals surface area (Å²) in [6.07, 6.45) is 1.57. The summed E-state index contributed by atoms with van der Waals surface area (Å²) in [6.45, 7) is 2.66. The summed E-state index contributed by atoms with van der Waals surface area (Å²) < 4.78 is 5.41. The Morgan fingerprint density at radius 3 is 2.85 bits per heavy atom. The van der Waals surface area contributed by atoms with Gasteiger partial charge < -0.3 is 9.73 Å². The molecule has 7 nitrogen and oxygen atoms in total. The molecule has 1 atom stereocenters. The molecule has 26 heavy (non-hydrogen) atoms. The van der Waals surface area contributed by atoms with Crippen LogP contribution in [0.2, 0.25) is 0 Å². The van der Waals surface area contributed by atoms with Gasteiger partial charge >= 0.3 is 6.03 Å². The monoisotopic (exact) mass is 368 g/mol. The van der Waals surface area contributed by atoms with Gasteiger partial charge in [-0.1, -0.05) is 30.0 Å². The van der Waals surface area contributed by atoms with E-state index in [1.807, 2.05) is 24.3 Å². The maximum atomic E-state index is 12.6. The van der Waals surface area contributed by atoms with Gasteiger partial charge in [-0.2, -0.15) is 0 Å². The average Bonchev–Trinajstić information content (AvgIpc) is 3.32. The molecule has 0 aliphatic carbocycles. The van der Waals surface area contributed by atoms with Crippen LogP contribution in [-0.4, -0.2) is 45.1 Å². The lowest BCUT2D eigenvalue weighted by atomic mass is 10.2. The number of carbonyl (C=O) groups excluding carboxylic acids is 2. The molecule has 1 aromatic carbocycles. The normalized spacial score (nSPS) is 15.3. The fraction of sp³-hybridized carbons (Fsp3) is 0.222. The van der Waals surface area contributed by atoms with Gasteiger partial charge in [-0.25, -0.2) is 14.8 Å². The standard InChI is InChI=1S/C18H16N4O3S/c1-11(17(23)22-9-8-19-18(22)24)26-16-12-5-2-3-6-13(12)20-15(21-16)14-7-4-10-25-14/h2-7,10-11H,8-9H2,1H3,(H,19,24). The zero-order chi connectivity index (χ0) is 18.1. The molecule has 0 radical (unpaired) electrons. The second-order valence-electron chi connectivity index (χ2n) is 5.83. The van der Waals surface area contributed by atoms with Crippen LogP contribution in [0.25, 0.3) is 22.5 Å². The molecule has 3 amide bonds. The maximum absolute atomic E-state index is 12.6. The Balaban J connectivity index is 1.68. The highest BCUT2D eigenvalue weighted by atomic mass is 32.2. The van der Waals surface area contributed by atoms with E-state index in [1.165, 1.54) is 16.7 Å². The number of benzene rings is 1. The molecule has 1 unspecified atom stereocenters. The number of nitrogens with one attached hydrogen (secondary N) is 1. The Labute approximate surface area is 153 Å². The highest BCUT2D eigenvalue weighted by Gasteiger charge is 2.30. The number of imide groups is 1. The van der Waals surface area contributed by atoms with E-state index in [-0.39, 0.29) is 11.9 Å². The van der Waals surface area contributed by atoms with Crippen LogP contribution in [0.15, 0.2) is 52.1 Å². The molecule has 1 aliphatic rings. The number of fused-ring (bicyclic) bond motifs is 1. The second-order valence-corrected chi connectivity index (χ2v) is 7.16. The van der Waals surface area contributed by atoms with Gasteiger partial charge in [0.2, 0.25) is 5.91 Å². The largest absolute Gasteiger partial charge is 0.461 e. The Morgan fingerprint density at radius 2 is 2.12 bits per heavy atom. The Hall–Kier alpha value is -2.87. The van der Waals surface area contributed by atoms with Crippen LogP contribution in [0.1, 0.15) is 6.92 Å². The van der Waals surface area contributed by atoms with Gasteiger partial charge in [0.1, 0.15) is 5.03 Å². The minimum Gasteiger partial charge on any atom is -0.461 e. The van der Waals surface area contributed by atoms with Crippen LogP contribution in [0.3, 0.4) is 0 Å². The van der Waals surface area contributed by atoms with Crippen LogP contribution in [0.5, 0.6) is 0 Å². The molecule has 1 fully saturated rings. The van der Waals surface area contributed by atoms with Crippen molar-refractivity contribution in [1.82, 2.24) is 20.2 Å². The van der Waals surface area contributed by atoms with Crippen molar-refractivity contribution in [2.75, 3.05) is 13.1 Å². The van der Waals surface area contributed by atoms with Crippen molar-refractivity contribution in [3.8, 4) is 11.6 Å². The van der Waals surface area contributed by atoms with E-state index < -0.39 is 5.25 Å². The number of thioether (sulfide) groups is 1. The van der Waals surface area contributed by atoms with Crippen molar-refractivity contribution < 1.29 is 14.0 Å². The van der Waals surface area contributed by atoms with Gasteiger partial charge in [-0.3, -0.25) is 9.69 Å². The first-order chi connectivity index (χ1) is 12.6. The van der Waals surface area contributed by atoms with Crippen molar-refractivity contribution in [2.24, 2.45) is 0 Å². The maximum Gasteiger partial charge on any atom is 0.324 e. The van der Waals surface area contributed by atoms with Crippen LogP contribution >= 0.6 is 11.8 Å². The van der Waals surface area contributed by atoms with Gasteiger partial charge in [-0.05, 0) is 25.1 Å². The van der Waals surface area contributed by atoms with E-state index in [2.05, 4.69) is 15.3 Å². The Morgan fingerprint density at radius 1 is 1.27 bits per heavy atom. The van der Waals surface area contributed by atoms with Crippen molar-refractivity contribution in [1.29, 1.82) is 0 Å². The molecule has 1 saturated heterocycles. The van der Waals surface area contributed by atoms with Gasteiger partial charge in [0, 0.05) is 18.5 Å². The van der Waals surface area contributed by atoms with Crippen LogP contribution in [0, 0.1) is 0 Å². The van der Waals surface area contributed by atoms with Crippen molar-refractivity contribution >= 4 is 34.6 Å². The fourth-order valence-electron chi connectivity index (χ4n) is 2.77. The summed E-state index contributed by atoms with van der Waals surface area (Å²) in [5, 5.41) is 3.73. The van der Waals surface area contributed by atoms with Crippen LogP contribution in [-0.2, 0) is 4.79 Å². The van der Waals surface area contributed by atoms with Crippen molar-refractivity contribution in [3.63, 3.8) is 0 Å². The van der Waals surface area contributed by atoms with Gasteiger partial charge in [0.15, 0.2) is 11.6 Å². The van der Waals surface area contributed by atoms with Gasteiger partial charge in [0.25, 0.3) is 0 Å². The highest BCUT2D eigenvalue weighted by molar-refractivity contribution is 8.00. The third kappa shape index (κ3) is 3.03. The minimum atomic E-state index is -0.457. The number of hydrogen-bond acceptors (Lipinski definition) is 6. The number of hydrogen-bond donors (Lipinski definition) is 1.